The molecule has 0 saturated heterocycles. The molecule has 0 radical (unpaired) electrons. The van der Waals surface area contributed by atoms with Crippen molar-refractivity contribution in [1.82, 2.24) is 4.57 Å². The highest BCUT2D eigenvalue weighted by Gasteiger charge is 2.11. The summed E-state index contributed by atoms with van der Waals surface area (Å²) in [5.41, 5.74) is 1.38. The van der Waals surface area contributed by atoms with Crippen molar-refractivity contribution >= 4 is 53.2 Å². The Hall–Kier alpha value is -1.77. The Morgan fingerprint density at radius 1 is 1.20 bits per heavy atom. The number of aromatic nitrogens is 1. The number of hydrogen-bond donors (Lipinski definition) is 0. The predicted octanol–water partition coefficient (Wildman–Crippen LogP) is 3.63. The van der Waals surface area contributed by atoms with Gasteiger partial charge in [0.2, 0.25) is 0 Å². The summed E-state index contributed by atoms with van der Waals surface area (Å²) in [4.78, 5) is 17.5. The number of carbonyl (C=O) groups is 1. The maximum Gasteiger partial charge on any atom is 0.279 e. The van der Waals surface area contributed by atoms with Crippen LogP contribution in [-0.2, 0) is 16.4 Å². The van der Waals surface area contributed by atoms with E-state index in [4.69, 9.17) is 0 Å². The molecule has 0 aliphatic heterocycles. The molecule has 0 atom stereocenters. The highest BCUT2D eigenvalue weighted by atomic mass is 79.9. The van der Waals surface area contributed by atoms with Gasteiger partial charge in [0, 0.05) is 22.8 Å². The average molecular weight is 439 g/mol. The number of fused-ring (bicyclic) bond motifs is 1. The molecule has 2 aromatic carbocycles. The third-order valence-corrected chi connectivity index (χ3v) is 6.35. The lowest BCUT2D eigenvalue weighted by Gasteiger charge is -2.01. The van der Waals surface area contributed by atoms with Crippen molar-refractivity contribution in [3.8, 4) is 0 Å². The van der Waals surface area contributed by atoms with Crippen LogP contribution < -0.4 is 4.80 Å². The first kappa shape index (κ1) is 18.0. The second-order valence-corrected chi connectivity index (χ2v) is 9.39. The summed E-state index contributed by atoms with van der Waals surface area (Å²) in [5, 5.41) is 0. The quantitative estimate of drug-likeness (QED) is 0.626. The lowest BCUT2D eigenvalue weighted by Crippen LogP contribution is -2.15. The van der Waals surface area contributed by atoms with E-state index in [1.807, 2.05) is 29.7 Å². The van der Waals surface area contributed by atoms with Crippen LogP contribution >= 0.6 is 27.3 Å². The third-order valence-electron chi connectivity index (χ3n) is 3.69. The molecule has 0 fully saturated rings. The van der Waals surface area contributed by atoms with Gasteiger partial charge in [0.1, 0.15) is 0 Å². The number of amides is 1. The van der Waals surface area contributed by atoms with Crippen molar-refractivity contribution in [2.45, 2.75) is 18.4 Å². The topological polar surface area (TPSA) is 68.5 Å². The molecule has 1 heterocycles. The minimum absolute atomic E-state index is 0.180. The van der Waals surface area contributed by atoms with Crippen LogP contribution in [0.25, 0.3) is 10.2 Å². The van der Waals surface area contributed by atoms with E-state index < -0.39 is 15.7 Å². The van der Waals surface area contributed by atoms with Crippen molar-refractivity contribution < 1.29 is 13.2 Å². The highest BCUT2D eigenvalue weighted by Crippen LogP contribution is 2.22. The van der Waals surface area contributed by atoms with E-state index in [0.717, 1.165) is 20.9 Å². The van der Waals surface area contributed by atoms with E-state index in [0.29, 0.717) is 16.9 Å². The van der Waals surface area contributed by atoms with Crippen molar-refractivity contribution in [3.63, 3.8) is 0 Å². The van der Waals surface area contributed by atoms with Crippen molar-refractivity contribution in [3.05, 3.63) is 57.3 Å². The summed E-state index contributed by atoms with van der Waals surface area (Å²) in [7, 11) is -3.28. The van der Waals surface area contributed by atoms with Gasteiger partial charge in [0.15, 0.2) is 14.6 Å². The second-order valence-electron chi connectivity index (χ2n) is 5.45. The first-order valence-electron chi connectivity index (χ1n) is 7.47. The molecule has 0 saturated carbocycles. The van der Waals surface area contributed by atoms with Gasteiger partial charge in [0.25, 0.3) is 5.91 Å². The molecule has 1 amide bonds. The van der Waals surface area contributed by atoms with Crippen molar-refractivity contribution in [2.75, 3.05) is 6.26 Å². The van der Waals surface area contributed by atoms with Gasteiger partial charge in [-0.05, 0) is 49.4 Å². The van der Waals surface area contributed by atoms with E-state index in [2.05, 4.69) is 20.9 Å². The molecule has 1 aromatic heterocycles. The zero-order valence-electron chi connectivity index (χ0n) is 13.6. The number of nitrogens with zero attached hydrogens (tertiary/aromatic N) is 2. The fourth-order valence-corrected chi connectivity index (χ4v) is 4.71. The summed E-state index contributed by atoms with van der Waals surface area (Å²) in [6, 6.07) is 11.8. The Kier molecular flexibility index (Phi) is 4.95. The first-order chi connectivity index (χ1) is 11.8. The lowest BCUT2D eigenvalue weighted by atomic mass is 10.2. The molecule has 3 aromatic rings. The average Bonchev–Trinajstić information content (AvgIpc) is 2.90. The first-order valence-corrected chi connectivity index (χ1v) is 11.0. The van der Waals surface area contributed by atoms with Crippen LogP contribution in [0, 0.1) is 0 Å². The number of aryl methyl sites for hydroxylation is 1. The van der Waals surface area contributed by atoms with Crippen molar-refractivity contribution in [2.24, 2.45) is 4.99 Å². The second kappa shape index (κ2) is 6.86. The molecule has 0 N–H and O–H groups in total. The van der Waals surface area contributed by atoms with Gasteiger partial charge in [-0.15, -0.1) is 0 Å². The predicted molar refractivity (Wildman–Crippen MR) is 103 cm³/mol. The largest absolute Gasteiger partial charge is 0.317 e. The Bertz CT molecular complexity index is 1130. The molecule has 3 rings (SSSR count). The van der Waals surface area contributed by atoms with Gasteiger partial charge in [-0.1, -0.05) is 27.3 Å². The highest BCUT2D eigenvalue weighted by molar-refractivity contribution is 9.10. The Balaban J connectivity index is 2.05. The minimum atomic E-state index is -3.28. The van der Waals surface area contributed by atoms with E-state index >= 15 is 0 Å². The van der Waals surface area contributed by atoms with Gasteiger partial charge in [-0.25, -0.2) is 8.42 Å². The molecule has 0 spiro atoms. The molecule has 0 aliphatic rings. The molecular weight excluding hydrogens is 424 g/mol. The van der Waals surface area contributed by atoms with Gasteiger partial charge in [-0.3, -0.25) is 4.79 Å². The standard InChI is InChI=1S/C17H15BrN2O3S2/c1-3-20-14-9-6-12(18)10-15(14)24-17(20)19-16(21)11-4-7-13(8-5-11)25(2,22)23/h4-10H,3H2,1-2H3. The number of thiazole rings is 1. The smallest absolute Gasteiger partial charge is 0.279 e. The van der Waals surface area contributed by atoms with Gasteiger partial charge in [-0.2, -0.15) is 4.99 Å². The van der Waals surface area contributed by atoms with Crippen LogP contribution in [0.2, 0.25) is 0 Å². The zero-order valence-corrected chi connectivity index (χ0v) is 16.8. The van der Waals surface area contributed by atoms with E-state index in [9.17, 15) is 13.2 Å². The maximum atomic E-state index is 12.5. The molecule has 25 heavy (non-hydrogen) atoms. The van der Waals surface area contributed by atoms with E-state index in [-0.39, 0.29) is 4.90 Å². The van der Waals surface area contributed by atoms with Crippen molar-refractivity contribution in [1.29, 1.82) is 0 Å². The van der Waals surface area contributed by atoms with Crippen LogP contribution in [-0.4, -0.2) is 25.1 Å². The lowest BCUT2D eigenvalue weighted by molar-refractivity contribution is 0.0997. The molecular formula is C17H15BrN2O3S2. The molecule has 0 unspecified atom stereocenters. The number of hydrogen-bond acceptors (Lipinski definition) is 4. The summed E-state index contributed by atoms with van der Waals surface area (Å²) in [6.45, 7) is 2.69. The van der Waals surface area contributed by atoms with Crippen LogP contribution in [0.1, 0.15) is 17.3 Å². The van der Waals surface area contributed by atoms with Gasteiger partial charge < -0.3 is 4.57 Å². The summed E-state index contributed by atoms with van der Waals surface area (Å²) in [6.07, 6.45) is 1.13. The fourth-order valence-electron chi connectivity index (χ4n) is 2.43. The Morgan fingerprint density at radius 2 is 1.88 bits per heavy atom. The van der Waals surface area contributed by atoms with Crippen LogP contribution in [0.5, 0.6) is 0 Å². The summed E-state index contributed by atoms with van der Waals surface area (Å²) >= 11 is 4.89. The van der Waals surface area contributed by atoms with Gasteiger partial charge >= 0.3 is 0 Å². The zero-order chi connectivity index (χ0) is 18.2. The van der Waals surface area contributed by atoms with E-state index in [1.165, 1.54) is 35.6 Å². The van der Waals surface area contributed by atoms with Crippen LogP contribution in [0.15, 0.2) is 56.8 Å². The summed E-state index contributed by atoms with van der Waals surface area (Å²) in [5.74, 6) is -0.395. The Morgan fingerprint density at radius 3 is 2.48 bits per heavy atom. The SMILES string of the molecule is CCn1c(=NC(=O)c2ccc(S(C)(=O)=O)cc2)sc2cc(Br)ccc21. The normalized spacial score (nSPS) is 12.7. The third kappa shape index (κ3) is 3.75. The number of rotatable bonds is 3. The minimum Gasteiger partial charge on any atom is -0.317 e. The fraction of sp³-hybridized carbons (Fsp3) is 0.176. The molecule has 0 aliphatic carbocycles. The van der Waals surface area contributed by atoms with Crippen LogP contribution in [0.4, 0.5) is 0 Å². The van der Waals surface area contributed by atoms with Gasteiger partial charge in [0.05, 0.1) is 15.1 Å². The number of carbonyl (C=O) groups excluding carboxylic acids is 1. The number of benzene rings is 2. The molecule has 130 valence electrons. The monoisotopic (exact) mass is 438 g/mol. The number of halogens is 1. The number of sulfone groups is 1. The molecule has 0 bridgehead atoms. The molecule has 5 nitrogen and oxygen atoms in total. The maximum absolute atomic E-state index is 12.5. The summed E-state index contributed by atoms with van der Waals surface area (Å²) < 4.78 is 27.0. The van der Waals surface area contributed by atoms with Crippen LogP contribution in [0.3, 0.4) is 0 Å². The Labute approximate surface area is 157 Å². The molecule has 8 heteroatoms. The van der Waals surface area contributed by atoms with E-state index in [1.54, 1.807) is 0 Å².